The van der Waals surface area contributed by atoms with Crippen LogP contribution in [0, 0.1) is 0 Å². The van der Waals surface area contributed by atoms with Gasteiger partial charge in [-0.3, -0.25) is 0 Å². The minimum Gasteiger partial charge on any atom is -0.496 e. The van der Waals surface area contributed by atoms with Gasteiger partial charge in [0.25, 0.3) is 0 Å². The second kappa shape index (κ2) is 4.52. The number of rotatable bonds is 4. The third-order valence-corrected chi connectivity index (χ3v) is 3.07. The molecule has 1 heterocycles. The van der Waals surface area contributed by atoms with Crippen molar-refractivity contribution in [3.8, 4) is 5.75 Å². The molecule has 0 aliphatic carbocycles. The highest BCUT2D eigenvalue weighted by atomic mass is 16.5. The van der Waals surface area contributed by atoms with Crippen molar-refractivity contribution in [3.63, 3.8) is 0 Å². The maximum Gasteiger partial charge on any atom is 0.334 e. The second-order valence-electron chi connectivity index (χ2n) is 4.05. The van der Waals surface area contributed by atoms with Crippen molar-refractivity contribution in [3.05, 3.63) is 48.5 Å². The number of ether oxygens (including phenoxy) is 1. The summed E-state index contributed by atoms with van der Waals surface area (Å²) in [6.45, 7) is 1.62. The van der Waals surface area contributed by atoms with E-state index in [9.17, 15) is 9.90 Å². The van der Waals surface area contributed by atoms with Crippen LogP contribution in [0.5, 0.6) is 5.75 Å². The Morgan fingerprint density at radius 2 is 2.17 bits per heavy atom. The number of para-hydroxylation sites is 1. The molecule has 0 aliphatic heterocycles. The van der Waals surface area contributed by atoms with E-state index in [0.717, 1.165) is 0 Å². The molecule has 0 fully saturated rings. The predicted octanol–water partition coefficient (Wildman–Crippen LogP) is 1.74. The van der Waals surface area contributed by atoms with Gasteiger partial charge in [0, 0.05) is 18.0 Å². The smallest absolute Gasteiger partial charge is 0.334 e. The highest BCUT2D eigenvalue weighted by Crippen LogP contribution is 2.33. The van der Waals surface area contributed by atoms with E-state index in [1.807, 2.05) is 0 Å². The molecule has 0 aliphatic rings. The van der Waals surface area contributed by atoms with Crippen LogP contribution in [0.3, 0.4) is 0 Å². The van der Waals surface area contributed by atoms with E-state index < -0.39 is 11.5 Å². The normalized spacial score (nSPS) is 13.9. The number of carboxylic acids is 1. The van der Waals surface area contributed by atoms with Gasteiger partial charge >= 0.3 is 5.97 Å². The number of hydrogen-bond donors (Lipinski definition) is 1. The Hall–Kier alpha value is -2.30. The Balaban J connectivity index is 2.65. The van der Waals surface area contributed by atoms with Gasteiger partial charge in [-0.2, -0.15) is 0 Å². The van der Waals surface area contributed by atoms with E-state index in [1.165, 1.54) is 13.4 Å². The molecule has 1 unspecified atom stereocenters. The minimum atomic E-state index is -1.25. The Kier molecular flexibility index (Phi) is 3.06. The first kappa shape index (κ1) is 12.2. The van der Waals surface area contributed by atoms with Crippen LogP contribution in [0.25, 0.3) is 0 Å². The molecule has 2 aromatic rings. The molecule has 1 aromatic carbocycles. The molecule has 18 heavy (non-hydrogen) atoms. The van der Waals surface area contributed by atoms with Crippen molar-refractivity contribution in [1.82, 2.24) is 9.55 Å². The molecule has 0 amide bonds. The molecule has 0 saturated carbocycles. The fourth-order valence-electron chi connectivity index (χ4n) is 1.94. The largest absolute Gasteiger partial charge is 0.496 e. The zero-order valence-electron chi connectivity index (χ0n) is 10.2. The van der Waals surface area contributed by atoms with E-state index in [-0.39, 0.29) is 0 Å². The highest BCUT2D eigenvalue weighted by Gasteiger charge is 2.39. The standard InChI is InChI=1S/C13H14N2O3/c1-13(12(16)17,15-8-7-14-9-15)10-5-3-4-6-11(10)18-2/h3-9H,1-2H3,(H,16,17). The number of carboxylic acid groups (broad SMARTS) is 1. The number of aromatic nitrogens is 2. The molecule has 2 rings (SSSR count). The molecular weight excluding hydrogens is 232 g/mol. The van der Waals surface area contributed by atoms with Crippen LogP contribution in [0.2, 0.25) is 0 Å². The predicted molar refractivity (Wildman–Crippen MR) is 65.6 cm³/mol. The van der Waals surface area contributed by atoms with Crippen molar-refractivity contribution in [2.75, 3.05) is 7.11 Å². The monoisotopic (exact) mass is 246 g/mol. The van der Waals surface area contributed by atoms with Crippen molar-refractivity contribution in [2.24, 2.45) is 0 Å². The van der Waals surface area contributed by atoms with Gasteiger partial charge in [0.15, 0.2) is 5.54 Å². The Bertz CT molecular complexity index is 551. The topological polar surface area (TPSA) is 64.3 Å². The summed E-state index contributed by atoms with van der Waals surface area (Å²) in [5, 5.41) is 9.57. The number of nitrogens with zero attached hydrogens (tertiary/aromatic N) is 2. The molecule has 5 nitrogen and oxygen atoms in total. The average Bonchev–Trinajstić information content (AvgIpc) is 2.91. The lowest BCUT2D eigenvalue weighted by Crippen LogP contribution is -2.39. The van der Waals surface area contributed by atoms with Crippen LogP contribution in [0.15, 0.2) is 43.0 Å². The summed E-state index contributed by atoms with van der Waals surface area (Å²) in [4.78, 5) is 15.6. The lowest BCUT2D eigenvalue weighted by atomic mass is 9.91. The molecule has 0 radical (unpaired) electrons. The van der Waals surface area contributed by atoms with Gasteiger partial charge in [-0.1, -0.05) is 18.2 Å². The summed E-state index contributed by atoms with van der Waals surface area (Å²) in [5.74, 6) is -0.430. The summed E-state index contributed by atoms with van der Waals surface area (Å²) in [6, 6.07) is 7.08. The summed E-state index contributed by atoms with van der Waals surface area (Å²) < 4.78 is 6.79. The van der Waals surface area contributed by atoms with E-state index in [1.54, 1.807) is 48.1 Å². The fourth-order valence-corrected chi connectivity index (χ4v) is 1.94. The Morgan fingerprint density at radius 1 is 1.44 bits per heavy atom. The molecule has 5 heteroatoms. The number of hydrogen-bond acceptors (Lipinski definition) is 3. The van der Waals surface area contributed by atoms with E-state index in [4.69, 9.17) is 4.74 Å². The molecular formula is C13H14N2O3. The summed E-state index contributed by atoms with van der Waals surface area (Å²) in [5.41, 5.74) is -0.665. The van der Waals surface area contributed by atoms with Crippen LogP contribution in [0.1, 0.15) is 12.5 Å². The van der Waals surface area contributed by atoms with Crippen LogP contribution >= 0.6 is 0 Å². The van der Waals surface area contributed by atoms with Crippen molar-refractivity contribution in [2.45, 2.75) is 12.5 Å². The zero-order valence-corrected chi connectivity index (χ0v) is 10.2. The molecule has 94 valence electrons. The van der Waals surface area contributed by atoms with Gasteiger partial charge in [0.05, 0.1) is 13.4 Å². The Labute approximate surface area is 105 Å². The maximum atomic E-state index is 11.7. The maximum absolute atomic E-state index is 11.7. The molecule has 0 bridgehead atoms. The molecule has 1 N–H and O–H groups in total. The number of methoxy groups -OCH3 is 1. The third-order valence-electron chi connectivity index (χ3n) is 3.07. The SMILES string of the molecule is COc1ccccc1C(C)(C(=O)O)n1ccnc1. The number of benzene rings is 1. The lowest BCUT2D eigenvalue weighted by molar-refractivity contribution is -0.144. The van der Waals surface area contributed by atoms with Crippen LogP contribution < -0.4 is 4.74 Å². The molecule has 1 atom stereocenters. The number of aliphatic carboxylic acids is 1. The molecule has 1 aromatic heterocycles. The van der Waals surface area contributed by atoms with Crippen molar-refractivity contribution in [1.29, 1.82) is 0 Å². The molecule has 0 saturated heterocycles. The molecule has 0 spiro atoms. The van der Waals surface area contributed by atoms with Gasteiger partial charge in [-0.05, 0) is 13.0 Å². The summed E-state index contributed by atoms with van der Waals surface area (Å²) >= 11 is 0. The van der Waals surface area contributed by atoms with E-state index in [0.29, 0.717) is 11.3 Å². The zero-order chi connectivity index (χ0) is 13.2. The second-order valence-corrected chi connectivity index (χ2v) is 4.05. The summed E-state index contributed by atoms with van der Waals surface area (Å²) in [7, 11) is 1.52. The number of imidazole rings is 1. The van der Waals surface area contributed by atoms with Gasteiger partial charge < -0.3 is 14.4 Å². The number of carbonyl (C=O) groups is 1. The van der Waals surface area contributed by atoms with Crippen LogP contribution in [0.4, 0.5) is 0 Å². The summed E-state index contributed by atoms with van der Waals surface area (Å²) in [6.07, 6.45) is 4.66. The van der Waals surface area contributed by atoms with Crippen LogP contribution in [-0.4, -0.2) is 27.7 Å². The first-order valence-corrected chi connectivity index (χ1v) is 5.46. The van der Waals surface area contributed by atoms with Crippen molar-refractivity contribution >= 4 is 5.97 Å². The quantitative estimate of drug-likeness (QED) is 0.892. The average molecular weight is 246 g/mol. The van der Waals surface area contributed by atoms with Gasteiger partial charge in [0.1, 0.15) is 5.75 Å². The fraction of sp³-hybridized carbons (Fsp3) is 0.231. The van der Waals surface area contributed by atoms with Crippen molar-refractivity contribution < 1.29 is 14.6 Å². The first-order chi connectivity index (χ1) is 8.60. The van der Waals surface area contributed by atoms with Gasteiger partial charge in [-0.25, -0.2) is 9.78 Å². The van der Waals surface area contributed by atoms with E-state index >= 15 is 0 Å². The Morgan fingerprint density at radius 3 is 2.72 bits per heavy atom. The highest BCUT2D eigenvalue weighted by molar-refractivity contribution is 5.82. The van der Waals surface area contributed by atoms with E-state index in [2.05, 4.69) is 4.98 Å². The minimum absolute atomic E-state index is 0.538. The van der Waals surface area contributed by atoms with Crippen LogP contribution in [-0.2, 0) is 10.3 Å². The van der Waals surface area contributed by atoms with Gasteiger partial charge in [0.2, 0.25) is 0 Å². The lowest BCUT2D eigenvalue weighted by Gasteiger charge is -2.28. The third kappa shape index (κ3) is 1.73. The van der Waals surface area contributed by atoms with Gasteiger partial charge in [-0.15, -0.1) is 0 Å². The first-order valence-electron chi connectivity index (χ1n) is 5.46.